The molecule has 0 amide bonds. The van der Waals surface area contributed by atoms with Crippen LogP contribution in [0.1, 0.15) is 11.1 Å². The van der Waals surface area contributed by atoms with Crippen molar-refractivity contribution in [1.82, 2.24) is 0 Å². The van der Waals surface area contributed by atoms with Gasteiger partial charge >= 0.3 is 12.4 Å². The topological polar surface area (TPSA) is 0 Å². The van der Waals surface area contributed by atoms with E-state index in [9.17, 15) is 30.7 Å². The lowest BCUT2D eigenvalue weighted by Gasteiger charge is -2.14. The SMILES string of the molecule is Fc1cc(-c2ccccc2C(F)(F)F)ccc1C(F)(F)F. The van der Waals surface area contributed by atoms with Crippen LogP contribution in [0.3, 0.4) is 0 Å². The molecule has 0 saturated carbocycles. The van der Waals surface area contributed by atoms with Crippen LogP contribution in [-0.4, -0.2) is 0 Å². The molecular weight excluding hydrogens is 301 g/mol. The average Bonchev–Trinajstić information content (AvgIpc) is 2.36. The van der Waals surface area contributed by atoms with Gasteiger partial charge in [-0.05, 0) is 29.3 Å². The minimum absolute atomic E-state index is 0.270. The molecule has 0 N–H and O–H groups in total. The molecule has 0 nitrogen and oxygen atoms in total. The molecule has 0 fully saturated rings. The minimum atomic E-state index is -4.90. The molecule has 21 heavy (non-hydrogen) atoms. The summed E-state index contributed by atoms with van der Waals surface area (Å²) in [5, 5.41) is 0. The molecule has 0 bridgehead atoms. The Balaban J connectivity index is 2.57. The molecule has 0 unspecified atom stereocenters. The predicted octanol–water partition coefficient (Wildman–Crippen LogP) is 5.53. The molecule has 0 heterocycles. The summed E-state index contributed by atoms with van der Waals surface area (Å²) in [7, 11) is 0. The fourth-order valence-corrected chi connectivity index (χ4v) is 1.89. The lowest BCUT2D eigenvalue weighted by Crippen LogP contribution is -2.09. The molecule has 0 atom stereocenters. The number of halogens is 7. The Labute approximate surface area is 114 Å². The largest absolute Gasteiger partial charge is 0.419 e. The molecule has 0 saturated heterocycles. The highest BCUT2D eigenvalue weighted by Gasteiger charge is 2.36. The van der Waals surface area contributed by atoms with Gasteiger partial charge in [-0.1, -0.05) is 24.3 Å². The third-order valence-electron chi connectivity index (χ3n) is 2.82. The Morgan fingerprint density at radius 3 is 1.76 bits per heavy atom. The van der Waals surface area contributed by atoms with E-state index in [1.807, 2.05) is 0 Å². The maximum absolute atomic E-state index is 13.5. The van der Waals surface area contributed by atoms with Crippen molar-refractivity contribution in [3.63, 3.8) is 0 Å². The fourth-order valence-electron chi connectivity index (χ4n) is 1.89. The van der Waals surface area contributed by atoms with E-state index in [2.05, 4.69) is 0 Å². The number of hydrogen-bond donors (Lipinski definition) is 0. The molecule has 0 radical (unpaired) electrons. The molecule has 0 aromatic heterocycles. The van der Waals surface area contributed by atoms with E-state index in [0.717, 1.165) is 24.3 Å². The van der Waals surface area contributed by atoms with Gasteiger partial charge in [0.05, 0.1) is 11.1 Å². The quantitative estimate of drug-likeness (QED) is 0.608. The smallest absolute Gasteiger partial charge is 0.206 e. The monoisotopic (exact) mass is 308 g/mol. The molecule has 2 rings (SSSR count). The summed E-state index contributed by atoms with van der Waals surface area (Å²) in [6, 6.07) is 5.99. The highest BCUT2D eigenvalue weighted by Crippen LogP contribution is 2.38. The van der Waals surface area contributed by atoms with Gasteiger partial charge < -0.3 is 0 Å². The second kappa shape index (κ2) is 5.05. The first-order chi connectivity index (χ1) is 9.60. The van der Waals surface area contributed by atoms with Crippen molar-refractivity contribution >= 4 is 0 Å². The number of hydrogen-bond acceptors (Lipinski definition) is 0. The third-order valence-corrected chi connectivity index (χ3v) is 2.82. The van der Waals surface area contributed by atoms with E-state index in [1.165, 1.54) is 6.07 Å². The summed E-state index contributed by atoms with van der Waals surface area (Å²) in [5.41, 5.74) is -3.20. The van der Waals surface area contributed by atoms with Crippen LogP contribution in [-0.2, 0) is 12.4 Å². The predicted molar refractivity (Wildman–Crippen MR) is 61.8 cm³/mol. The van der Waals surface area contributed by atoms with Crippen molar-refractivity contribution in [2.75, 3.05) is 0 Å². The molecule has 0 aliphatic carbocycles. The van der Waals surface area contributed by atoms with Crippen LogP contribution < -0.4 is 0 Å². The minimum Gasteiger partial charge on any atom is -0.206 e. The lowest BCUT2D eigenvalue weighted by molar-refractivity contribution is -0.140. The molecule has 0 aliphatic rings. The van der Waals surface area contributed by atoms with E-state index < -0.39 is 29.3 Å². The van der Waals surface area contributed by atoms with Crippen LogP contribution in [0.25, 0.3) is 11.1 Å². The average molecular weight is 308 g/mol. The summed E-state index contributed by atoms with van der Waals surface area (Å²) in [6.07, 6.45) is -9.58. The van der Waals surface area contributed by atoms with Crippen molar-refractivity contribution in [1.29, 1.82) is 0 Å². The zero-order valence-electron chi connectivity index (χ0n) is 10.2. The Bertz CT molecular complexity index is 653. The fraction of sp³-hybridized carbons (Fsp3) is 0.143. The van der Waals surface area contributed by atoms with Crippen molar-refractivity contribution in [3.8, 4) is 11.1 Å². The van der Waals surface area contributed by atoms with E-state index in [0.29, 0.717) is 12.1 Å². The normalized spacial score (nSPS) is 12.5. The van der Waals surface area contributed by atoms with Gasteiger partial charge in [-0.2, -0.15) is 26.3 Å². The zero-order chi connectivity index (χ0) is 15.8. The second-order valence-corrected chi connectivity index (χ2v) is 4.24. The summed E-state index contributed by atoms with van der Waals surface area (Å²) in [4.78, 5) is 0. The molecular formula is C14H7F7. The van der Waals surface area contributed by atoms with Crippen LogP contribution in [0.5, 0.6) is 0 Å². The Hall–Kier alpha value is -2.05. The first-order valence-electron chi connectivity index (χ1n) is 5.64. The van der Waals surface area contributed by atoms with E-state index in [-0.39, 0.29) is 11.1 Å². The zero-order valence-corrected chi connectivity index (χ0v) is 10.2. The van der Waals surface area contributed by atoms with Crippen LogP contribution in [0.4, 0.5) is 30.7 Å². The molecule has 7 heteroatoms. The van der Waals surface area contributed by atoms with Crippen LogP contribution >= 0.6 is 0 Å². The summed E-state index contributed by atoms with van der Waals surface area (Å²) in [5.74, 6) is -1.61. The van der Waals surface area contributed by atoms with Crippen LogP contribution in [0.2, 0.25) is 0 Å². The van der Waals surface area contributed by atoms with Gasteiger partial charge in [-0.3, -0.25) is 0 Å². The molecule has 0 aliphatic heterocycles. The Morgan fingerprint density at radius 2 is 1.24 bits per heavy atom. The van der Waals surface area contributed by atoms with Crippen molar-refractivity contribution in [3.05, 3.63) is 59.4 Å². The van der Waals surface area contributed by atoms with E-state index >= 15 is 0 Å². The Morgan fingerprint density at radius 1 is 0.667 bits per heavy atom. The molecule has 2 aromatic rings. The molecule has 2 aromatic carbocycles. The second-order valence-electron chi connectivity index (χ2n) is 4.24. The Kier molecular flexibility index (Phi) is 3.69. The van der Waals surface area contributed by atoms with Gasteiger partial charge in [-0.15, -0.1) is 0 Å². The first-order valence-corrected chi connectivity index (χ1v) is 5.64. The van der Waals surface area contributed by atoms with Gasteiger partial charge in [0.1, 0.15) is 5.82 Å². The third kappa shape index (κ3) is 3.17. The number of alkyl halides is 6. The maximum Gasteiger partial charge on any atom is 0.419 e. The van der Waals surface area contributed by atoms with Gasteiger partial charge in [0, 0.05) is 0 Å². The number of rotatable bonds is 1. The lowest BCUT2D eigenvalue weighted by atomic mass is 9.98. The summed E-state index contributed by atoms with van der Waals surface area (Å²) < 4.78 is 89.2. The first kappa shape index (κ1) is 15.3. The highest BCUT2D eigenvalue weighted by atomic mass is 19.4. The maximum atomic E-state index is 13.5. The summed E-state index contributed by atoms with van der Waals surface area (Å²) in [6.45, 7) is 0. The van der Waals surface area contributed by atoms with E-state index in [1.54, 1.807) is 0 Å². The van der Waals surface area contributed by atoms with E-state index in [4.69, 9.17) is 0 Å². The summed E-state index contributed by atoms with van der Waals surface area (Å²) >= 11 is 0. The van der Waals surface area contributed by atoms with Gasteiger partial charge in [0.25, 0.3) is 0 Å². The van der Waals surface area contributed by atoms with Crippen molar-refractivity contribution in [2.24, 2.45) is 0 Å². The van der Waals surface area contributed by atoms with Gasteiger partial charge in [0.2, 0.25) is 0 Å². The molecule has 112 valence electrons. The van der Waals surface area contributed by atoms with Crippen LogP contribution in [0.15, 0.2) is 42.5 Å². The highest BCUT2D eigenvalue weighted by molar-refractivity contribution is 5.68. The van der Waals surface area contributed by atoms with Crippen molar-refractivity contribution < 1.29 is 30.7 Å². The molecule has 0 spiro atoms. The van der Waals surface area contributed by atoms with Gasteiger partial charge in [-0.25, -0.2) is 4.39 Å². The van der Waals surface area contributed by atoms with Crippen molar-refractivity contribution in [2.45, 2.75) is 12.4 Å². The van der Waals surface area contributed by atoms with Crippen LogP contribution in [0, 0.1) is 5.82 Å². The van der Waals surface area contributed by atoms with Gasteiger partial charge in [0.15, 0.2) is 0 Å². The number of benzene rings is 2. The standard InChI is InChI=1S/C14H7F7/c15-12-7-8(5-6-11(12)14(19,20)21)9-3-1-2-4-10(9)13(16,17)18/h1-7H.